The molecule has 0 unspecified atom stereocenters. The second-order valence-electron chi connectivity index (χ2n) is 5.26. The summed E-state index contributed by atoms with van der Waals surface area (Å²) in [5.74, 6) is 1.41. The molecule has 1 heterocycles. The number of ether oxygens (including phenoxy) is 2. The van der Waals surface area contributed by atoms with Gasteiger partial charge in [-0.2, -0.15) is 0 Å². The van der Waals surface area contributed by atoms with Crippen LogP contribution in [0.5, 0.6) is 11.5 Å². The van der Waals surface area contributed by atoms with Gasteiger partial charge in [0.15, 0.2) is 0 Å². The summed E-state index contributed by atoms with van der Waals surface area (Å²) in [4.78, 5) is 7.54. The average molecular weight is 327 g/mol. The summed E-state index contributed by atoms with van der Waals surface area (Å²) in [7, 11) is 3.19. The van der Waals surface area contributed by atoms with Crippen molar-refractivity contribution >= 4 is 16.7 Å². The first-order valence-corrected chi connectivity index (χ1v) is 7.41. The number of hydrogen-bond donors (Lipinski definition) is 2. The van der Waals surface area contributed by atoms with Crippen molar-refractivity contribution in [2.45, 2.75) is 6.54 Å². The van der Waals surface area contributed by atoms with Crippen LogP contribution < -0.4 is 15.2 Å². The lowest BCUT2D eigenvalue weighted by atomic mass is 10.1. The van der Waals surface area contributed by atoms with E-state index in [1.807, 2.05) is 18.2 Å². The van der Waals surface area contributed by atoms with Crippen molar-refractivity contribution < 1.29 is 13.9 Å². The van der Waals surface area contributed by atoms with Crippen LogP contribution in [0.1, 0.15) is 11.3 Å². The topological polar surface area (TPSA) is 72.6 Å². The molecule has 0 aliphatic carbocycles. The zero-order valence-electron chi connectivity index (χ0n) is 13.5. The average Bonchev–Trinajstić information content (AvgIpc) is 3.02. The Hall–Kier alpha value is -3.02. The van der Waals surface area contributed by atoms with Gasteiger partial charge in [0.2, 0.25) is 0 Å². The van der Waals surface area contributed by atoms with Gasteiger partial charge in [0.05, 0.1) is 32.0 Å². The number of fused-ring (bicyclic) bond motifs is 1. The summed E-state index contributed by atoms with van der Waals surface area (Å²) in [5, 5.41) is 0.748. The van der Waals surface area contributed by atoms with Crippen LogP contribution in [0.15, 0.2) is 47.5 Å². The van der Waals surface area contributed by atoms with Gasteiger partial charge in [-0.25, -0.2) is 4.39 Å². The van der Waals surface area contributed by atoms with Crippen molar-refractivity contribution in [1.29, 1.82) is 0 Å². The third kappa shape index (κ3) is 3.03. The molecule has 0 fully saturated rings. The Labute approximate surface area is 138 Å². The molecular formula is C18H18FN3O2. The largest absolute Gasteiger partial charge is 0.496 e. The van der Waals surface area contributed by atoms with Gasteiger partial charge in [-0.05, 0) is 36.4 Å². The molecule has 0 amide bonds. The predicted octanol–water partition coefficient (Wildman–Crippen LogP) is 3.23. The molecule has 0 saturated heterocycles. The first-order valence-electron chi connectivity index (χ1n) is 7.41. The third-order valence-corrected chi connectivity index (χ3v) is 3.80. The molecule has 6 heteroatoms. The third-order valence-electron chi connectivity index (χ3n) is 3.80. The number of nitrogens with one attached hydrogen (secondary N) is 1. The summed E-state index contributed by atoms with van der Waals surface area (Å²) in [6, 6.07) is 11.8. The number of benzene rings is 2. The number of aromatic amines is 1. The van der Waals surface area contributed by atoms with Crippen molar-refractivity contribution in [2.24, 2.45) is 10.7 Å². The normalized spacial score (nSPS) is 11.7. The maximum Gasteiger partial charge on any atom is 0.142 e. The Morgan fingerprint density at radius 2 is 1.83 bits per heavy atom. The fraction of sp³-hybridized carbons (Fsp3) is 0.167. The highest BCUT2D eigenvalue weighted by Crippen LogP contribution is 2.29. The lowest BCUT2D eigenvalue weighted by Crippen LogP contribution is -2.14. The Morgan fingerprint density at radius 3 is 2.50 bits per heavy atom. The standard InChI is InChI=1S/C18H18FN3O2/c1-23-16-4-3-5-17(24-2)13(16)10-21-18(20)15-9-11-8-12(19)6-7-14(11)22-15/h3-9,22H,10H2,1-2H3,(H2,20,21). The highest BCUT2D eigenvalue weighted by molar-refractivity contribution is 6.00. The molecule has 2 aromatic carbocycles. The smallest absolute Gasteiger partial charge is 0.142 e. The van der Waals surface area contributed by atoms with E-state index in [1.54, 1.807) is 26.4 Å². The molecule has 5 nitrogen and oxygen atoms in total. The van der Waals surface area contributed by atoms with E-state index in [9.17, 15) is 4.39 Å². The molecule has 124 valence electrons. The minimum Gasteiger partial charge on any atom is -0.496 e. The molecule has 0 aliphatic rings. The van der Waals surface area contributed by atoms with E-state index < -0.39 is 0 Å². The highest BCUT2D eigenvalue weighted by Gasteiger charge is 2.10. The van der Waals surface area contributed by atoms with Crippen molar-refractivity contribution in [3.63, 3.8) is 0 Å². The van der Waals surface area contributed by atoms with Crippen LogP contribution in [0, 0.1) is 5.82 Å². The fourth-order valence-corrected chi connectivity index (χ4v) is 2.57. The number of nitrogens with two attached hydrogens (primary N) is 1. The van der Waals surface area contributed by atoms with Gasteiger partial charge in [-0.15, -0.1) is 0 Å². The molecule has 1 aromatic heterocycles. The Kier molecular flexibility index (Phi) is 4.37. The van der Waals surface area contributed by atoms with Crippen LogP contribution in [0.3, 0.4) is 0 Å². The SMILES string of the molecule is COc1cccc(OC)c1CN=C(N)c1cc2cc(F)ccc2[nH]1. The highest BCUT2D eigenvalue weighted by atomic mass is 19.1. The molecule has 0 aliphatic heterocycles. The van der Waals surface area contributed by atoms with E-state index >= 15 is 0 Å². The number of methoxy groups -OCH3 is 2. The Morgan fingerprint density at radius 1 is 1.12 bits per heavy atom. The van der Waals surface area contributed by atoms with Crippen LogP contribution >= 0.6 is 0 Å². The number of aromatic nitrogens is 1. The van der Waals surface area contributed by atoms with Crippen LogP contribution in [-0.4, -0.2) is 25.0 Å². The molecular weight excluding hydrogens is 309 g/mol. The van der Waals surface area contributed by atoms with Crippen LogP contribution in [0.2, 0.25) is 0 Å². The minimum absolute atomic E-state index is 0.290. The summed E-state index contributed by atoms with van der Waals surface area (Å²) in [6.07, 6.45) is 0. The van der Waals surface area contributed by atoms with Gasteiger partial charge in [-0.1, -0.05) is 6.07 Å². The predicted molar refractivity (Wildman–Crippen MR) is 92.2 cm³/mol. The molecule has 0 spiro atoms. The van der Waals surface area contributed by atoms with Gasteiger partial charge >= 0.3 is 0 Å². The molecule has 3 aromatic rings. The van der Waals surface area contributed by atoms with E-state index in [1.165, 1.54) is 12.1 Å². The number of nitrogens with zero attached hydrogens (tertiary/aromatic N) is 1. The monoisotopic (exact) mass is 327 g/mol. The molecule has 3 N–H and O–H groups in total. The first kappa shape index (κ1) is 15.9. The number of amidine groups is 1. The lowest BCUT2D eigenvalue weighted by Gasteiger charge is -2.11. The number of H-pyrrole nitrogens is 1. The summed E-state index contributed by atoms with van der Waals surface area (Å²) in [6.45, 7) is 0.308. The van der Waals surface area contributed by atoms with Crippen molar-refractivity contribution in [3.8, 4) is 11.5 Å². The first-order chi connectivity index (χ1) is 11.6. The van der Waals surface area contributed by atoms with Crippen molar-refractivity contribution in [3.05, 3.63) is 59.5 Å². The molecule has 0 radical (unpaired) electrons. The van der Waals surface area contributed by atoms with Gasteiger partial charge in [0.1, 0.15) is 23.2 Å². The fourth-order valence-electron chi connectivity index (χ4n) is 2.57. The summed E-state index contributed by atoms with van der Waals surface area (Å²) < 4.78 is 24.0. The van der Waals surface area contributed by atoms with E-state index in [0.29, 0.717) is 29.6 Å². The van der Waals surface area contributed by atoms with Gasteiger partial charge in [0, 0.05) is 10.9 Å². The Bertz CT molecular complexity index is 880. The molecule has 0 atom stereocenters. The van der Waals surface area contributed by atoms with Crippen LogP contribution in [0.4, 0.5) is 4.39 Å². The molecule has 0 bridgehead atoms. The van der Waals surface area contributed by atoms with E-state index in [-0.39, 0.29) is 5.82 Å². The molecule has 24 heavy (non-hydrogen) atoms. The van der Waals surface area contributed by atoms with Crippen LogP contribution in [0.25, 0.3) is 10.9 Å². The van der Waals surface area contributed by atoms with E-state index in [0.717, 1.165) is 16.5 Å². The van der Waals surface area contributed by atoms with E-state index in [2.05, 4.69) is 9.98 Å². The Balaban J connectivity index is 1.91. The second kappa shape index (κ2) is 6.62. The lowest BCUT2D eigenvalue weighted by molar-refractivity contribution is 0.385. The second-order valence-corrected chi connectivity index (χ2v) is 5.26. The number of aliphatic imine (C=N–C) groups is 1. The summed E-state index contributed by atoms with van der Waals surface area (Å²) in [5.41, 5.74) is 8.33. The molecule has 3 rings (SSSR count). The van der Waals surface area contributed by atoms with Gasteiger partial charge in [0.25, 0.3) is 0 Å². The van der Waals surface area contributed by atoms with E-state index in [4.69, 9.17) is 15.2 Å². The van der Waals surface area contributed by atoms with Gasteiger partial charge in [-0.3, -0.25) is 4.99 Å². The maximum absolute atomic E-state index is 13.3. The van der Waals surface area contributed by atoms with Crippen molar-refractivity contribution in [1.82, 2.24) is 4.98 Å². The minimum atomic E-state index is -0.290. The van der Waals surface area contributed by atoms with Gasteiger partial charge < -0.3 is 20.2 Å². The van der Waals surface area contributed by atoms with Crippen LogP contribution in [-0.2, 0) is 6.54 Å². The number of rotatable bonds is 5. The van der Waals surface area contributed by atoms with Crippen molar-refractivity contribution in [2.75, 3.05) is 14.2 Å². The number of halogens is 1. The zero-order valence-corrected chi connectivity index (χ0v) is 13.5. The molecule has 0 saturated carbocycles. The summed E-state index contributed by atoms with van der Waals surface area (Å²) >= 11 is 0. The maximum atomic E-state index is 13.3. The zero-order chi connectivity index (χ0) is 17.1. The quantitative estimate of drug-likeness (QED) is 0.558. The number of hydrogen-bond acceptors (Lipinski definition) is 3.